The Morgan fingerprint density at radius 1 is 1.00 bits per heavy atom. The predicted molar refractivity (Wildman–Crippen MR) is 106 cm³/mol. The zero-order valence-electron chi connectivity index (χ0n) is 13.8. The van der Waals surface area contributed by atoms with Crippen LogP contribution in [0.25, 0.3) is 22.4 Å². The Hall–Kier alpha value is -2.89. The molecular formula is C20H12Cl2FN3O. The van der Waals surface area contributed by atoms with Crippen molar-refractivity contribution >= 4 is 45.8 Å². The zero-order chi connectivity index (χ0) is 19.0. The summed E-state index contributed by atoms with van der Waals surface area (Å²) in [6, 6.07) is 16.4. The van der Waals surface area contributed by atoms with Crippen molar-refractivity contribution in [3.8, 4) is 11.4 Å². The number of anilines is 1. The fourth-order valence-corrected chi connectivity index (χ4v) is 3.18. The fraction of sp³-hybridized carbons (Fsp3) is 0. The number of amides is 1. The highest BCUT2D eigenvalue weighted by Crippen LogP contribution is 2.30. The molecule has 0 saturated heterocycles. The van der Waals surface area contributed by atoms with Gasteiger partial charge in [0.15, 0.2) is 0 Å². The highest BCUT2D eigenvalue weighted by Gasteiger charge is 2.15. The van der Waals surface area contributed by atoms with Gasteiger partial charge in [-0.1, -0.05) is 41.4 Å². The van der Waals surface area contributed by atoms with Crippen LogP contribution in [0.2, 0.25) is 10.0 Å². The number of carbonyl (C=O) groups is 1. The van der Waals surface area contributed by atoms with Crippen LogP contribution in [0, 0.1) is 5.82 Å². The molecule has 2 N–H and O–H groups in total. The second-order valence-corrected chi connectivity index (χ2v) is 6.66. The number of imidazole rings is 1. The van der Waals surface area contributed by atoms with E-state index in [9.17, 15) is 9.18 Å². The van der Waals surface area contributed by atoms with E-state index in [2.05, 4.69) is 15.3 Å². The second kappa shape index (κ2) is 7.02. The van der Waals surface area contributed by atoms with Crippen molar-refractivity contribution in [3.63, 3.8) is 0 Å². The maximum atomic E-state index is 14.1. The van der Waals surface area contributed by atoms with Crippen LogP contribution in [0.5, 0.6) is 0 Å². The van der Waals surface area contributed by atoms with Crippen LogP contribution >= 0.6 is 23.2 Å². The average molecular weight is 400 g/mol. The molecular weight excluding hydrogens is 388 g/mol. The number of H-pyrrole nitrogens is 1. The molecule has 134 valence electrons. The first-order valence-electron chi connectivity index (χ1n) is 8.03. The predicted octanol–water partition coefficient (Wildman–Crippen LogP) is 5.93. The number of hydrogen-bond acceptors (Lipinski definition) is 2. The smallest absolute Gasteiger partial charge is 0.255 e. The lowest BCUT2D eigenvalue weighted by atomic mass is 10.2. The van der Waals surface area contributed by atoms with Gasteiger partial charge < -0.3 is 10.3 Å². The molecule has 1 aromatic heterocycles. The van der Waals surface area contributed by atoms with Crippen molar-refractivity contribution in [2.75, 3.05) is 5.32 Å². The maximum Gasteiger partial charge on any atom is 0.255 e. The normalized spacial score (nSPS) is 10.9. The molecule has 0 saturated carbocycles. The van der Waals surface area contributed by atoms with Crippen molar-refractivity contribution in [3.05, 3.63) is 82.1 Å². The van der Waals surface area contributed by atoms with E-state index in [4.69, 9.17) is 23.2 Å². The molecule has 0 spiro atoms. The van der Waals surface area contributed by atoms with Gasteiger partial charge in [-0.25, -0.2) is 9.37 Å². The number of carbonyl (C=O) groups excluding carboxylic acids is 1. The number of para-hydroxylation sites is 1. The highest BCUT2D eigenvalue weighted by molar-refractivity contribution is 6.34. The molecule has 0 aliphatic carbocycles. The first-order valence-corrected chi connectivity index (χ1v) is 8.78. The van der Waals surface area contributed by atoms with Gasteiger partial charge in [0.25, 0.3) is 5.91 Å². The quantitative estimate of drug-likeness (QED) is 0.448. The zero-order valence-corrected chi connectivity index (χ0v) is 15.3. The molecule has 7 heteroatoms. The van der Waals surface area contributed by atoms with Crippen LogP contribution in [0.4, 0.5) is 10.1 Å². The summed E-state index contributed by atoms with van der Waals surface area (Å²) >= 11 is 12.2. The number of benzene rings is 3. The standard InChI is InChI=1S/C20H12Cl2FN3O/c21-12-4-1-2-7-15(12)26-20(27)11-8-9-16-17(10-11)25-19(24-16)18-13(22)5-3-6-14(18)23/h1-10H,(H,24,25)(H,26,27). The van der Waals surface area contributed by atoms with E-state index < -0.39 is 5.82 Å². The van der Waals surface area contributed by atoms with E-state index in [1.165, 1.54) is 12.1 Å². The van der Waals surface area contributed by atoms with E-state index in [-0.39, 0.29) is 16.5 Å². The molecule has 3 aromatic carbocycles. The lowest BCUT2D eigenvalue weighted by Gasteiger charge is -2.06. The van der Waals surface area contributed by atoms with Gasteiger partial charge >= 0.3 is 0 Å². The van der Waals surface area contributed by atoms with Crippen LogP contribution in [0.3, 0.4) is 0 Å². The SMILES string of the molecule is O=C(Nc1ccccc1Cl)c1ccc2[nH]c(-c3c(F)cccc3Cl)nc2c1. The number of nitrogens with zero attached hydrogens (tertiary/aromatic N) is 1. The minimum Gasteiger partial charge on any atom is -0.338 e. The lowest BCUT2D eigenvalue weighted by molar-refractivity contribution is 0.102. The largest absolute Gasteiger partial charge is 0.338 e. The minimum atomic E-state index is -0.474. The van der Waals surface area contributed by atoms with Crippen molar-refractivity contribution < 1.29 is 9.18 Å². The Bertz CT molecular complexity index is 1150. The summed E-state index contributed by atoms with van der Waals surface area (Å²) in [6.45, 7) is 0. The third-order valence-corrected chi connectivity index (χ3v) is 4.71. The van der Waals surface area contributed by atoms with Crippen molar-refractivity contribution in [2.45, 2.75) is 0 Å². The number of aromatic amines is 1. The molecule has 0 aliphatic rings. The first-order chi connectivity index (χ1) is 13.0. The lowest BCUT2D eigenvalue weighted by Crippen LogP contribution is -2.12. The maximum absolute atomic E-state index is 14.1. The molecule has 0 radical (unpaired) electrons. The molecule has 1 amide bonds. The molecule has 4 rings (SSSR count). The van der Waals surface area contributed by atoms with Gasteiger partial charge in [-0.2, -0.15) is 0 Å². The summed E-state index contributed by atoms with van der Waals surface area (Å²) in [7, 11) is 0. The summed E-state index contributed by atoms with van der Waals surface area (Å²) in [5.41, 5.74) is 2.30. The Kier molecular flexibility index (Phi) is 4.56. The number of halogens is 3. The molecule has 27 heavy (non-hydrogen) atoms. The van der Waals surface area contributed by atoms with Crippen LogP contribution in [0.15, 0.2) is 60.7 Å². The van der Waals surface area contributed by atoms with Gasteiger partial charge in [-0.15, -0.1) is 0 Å². The minimum absolute atomic E-state index is 0.192. The summed E-state index contributed by atoms with van der Waals surface area (Å²) in [5.74, 6) is -0.492. The molecule has 1 heterocycles. The van der Waals surface area contributed by atoms with E-state index in [0.717, 1.165) is 0 Å². The topological polar surface area (TPSA) is 57.8 Å². The summed E-state index contributed by atoms with van der Waals surface area (Å²) in [5, 5.41) is 3.46. The van der Waals surface area contributed by atoms with Crippen LogP contribution in [-0.4, -0.2) is 15.9 Å². The molecule has 0 bridgehead atoms. The summed E-state index contributed by atoms with van der Waals surface area (Å²) in [4.78, 5) is 19.9. The van der Waals surface area contributed by atoms with Crippen molar-refractivity contribution in [2.24, 2.45) is 0 Å². The van der Waals surface area contributed by atoms with Gasteiger partial charge in [0, 0.05) is 5.56 Å². The third-order valence-electron chi connectivity index (χ3n) is 4.07. The number of hydrogen-bond donors (Lipinski definition) is 2. The molecule has 0 unspecified atom stereocenters. The van der Waals surface area contributed by atoms with Crippen LogP contribution in [0.1, 0.15) is 10.4 Å². The summed E-state index contributed by atoms with van der Waals surface area (Å²) in [6.07, 6.45) is 0. The van der Waals surface area contributed by atoms with Crippen LogP contribution in [-0.2, 0) is 0 Å². The van der Waals surface area contributed by atoms with Gasteiger partial charge in [0.2, 0.25) is 0 Å². The van der Waals surface area contributed by atoms with E-state index in [1.54, 1.807) is 48.5 Å². The fourth-order valence-electron chi connectivity index (χ4n) is 2.75. The molecule has 4 aromatic rings. The first kappa shape index (κ1) is 17.5. The third kappa shape index (κ3) is 3.39. The van der Waals surface area contributed by atoms with Gasteiger partial charge in [-0.3, -0.25) is 4.79 Å². The Labute approximate surface area is 164 Å². The monoisotopic (exact) mass is 399 g/mol. The molecule has 0 atom stereocenters. The number of nitrogens with one attached hydrogen (secondary N) is 2. The Balaban J connectivity index is 1.69. The molecule has 4 nitrogen and oxygen atoms in total. The van der Waals surface area contributed by atoms with E-state index in [0.29, 0.717) is 33.1 Å². The number of aromatic nitrogens is 2. The molecule has 0 fully saturated rings. The number of fused-ring (bicyclic) bond motifs is 1. The highest BCUT2D eigenvalue weighted by atomic mass is 35.5. The van der Waals surface area contributed by atoms with Gasteiger partial charge in [0.1, 0.15) is 11.6 Å². The van der Waals surface area contributed by atoms with Gasteiger partial charge in [-0.05, 0) is 42.5 Å². The Morgan fingerprint density at radius 3 is 2.56 bits per heavy atom. The average Bonchev–Trinajstić information content (AvgIpc) is 3.06. The second-order valence-electron chi connectivity index (χ2n) is 5.85. The Morgan fingerprint density at radius 2 is 1.78 bits per heavy atom. The van der Waals surface area contributed by atoms with Crippen molar-refractivity contribution in [1.82, 2.24) is 9.97 Å². The molecule has 0 aliphatic heterocycles. The summed E-state index contributed by atoms with van der Waals surface area (Å²) < 4.78 is 14.1. The van der Waals surface area contributed by atoms with Crippen LogP contribution < -0.4 is 5.32 Å². The number of rotatable bonds is 3. The van der Waals surface area contributed by atoms with Gasteiger partial charge in [0.05, 0.1) is 32.3 Å². The van der Waals surface area contributed by atoms with E-state index in [1.807, 2.05) is 0 Å². The van der Waals surface area contributed by atoms with E-state index >= 15 is 0 Å². The van der Waals surface area contributed by atoms with Crippen molar-refractivity contribution in [1.29, 1.82) is 0 Å².